The smallest absolute Gasteiger partial charge is 0.252 e. The molecule has 5 nitrogen and oxygen atoms in total. The fourth-order valence-electron chi connectivity index (χ4n) is 1.79. The van der Waals surface area contributed by atoms with Gasteiger partial charge < -0.3 is 16.0 Å². The first-order chi connectivity index (χ1) is 8.58. The Hall–Kier alpha value is -1.62. The van der Waals surface area contributed by atoms with Gasteiger partial charge in [0, 0.05) is 32.9 Å². The molecule has 1 atom stereocenters. The van der Waals surface area contributed by atoms with Gasteiger partial charge in [-0.2, -0.15) is 0 Å². The number of nitrogens with one attached hydrogen (secondary N) is 1. The highest BCUT2D eigenvalue weighted by molar-refractivity contribution is 5.94. The minimum Gasteiger partial charge on any atom is -0.363 e. The van der Waals surface area contributed by atoms with Crippen LogP contribution in [0.2, 0.25) is 0 Å². The van der Waals surface area contributed by atoms with Crippen LogP contribution >= 0.6 is 0 Å². The minimum atomic E-state index is -0.107. The van der Waals surface area contributed by atoms with Gasteiger partial charge in [0.05, 0.1) is 5.56 Å². The van der Waals surface area contributed by atoms with Crippen LogP contribution in [0.1, 0.15) is 23.2 Å². The van der Waals surface area contributed by atoms with Crippen molar-refractivity contribution < 1.29 is 4.79 Å². The second-order valence-electron chi connectivity index (χ2n) is 5.01. The van der Waals surface area contributed by atoms with Gasteiger partial charge in [0.25, 0.3) is 5.91 Å². The molecule has 0 radical (unpaired) electrons. The van der Waals surface area contributed by atoms with Crippen LogP contribution in [0.4, 0.5) is 5.82 Å². The molecule has 1 aliphatic rings. The average Bonchev–Trinajstić information content (AvgIpc) is 3.20. The summed E-state index contributed by atoms with van der Waals surface area (Å²) < 4.78 is 0. The van der Waals surface area contributed by atoms with E-state index < -0.39 is 0 Å². The first-order valence-corrected chi connectivity index (χ1v) is 6.25. The molecular formula is C13H20N4O. The van der Waals surface area contributed by atoms with Crippen LogP contribution in [0.3, 0.4) is 0 Å². The zero-order valence-corrected chi connectivity index (χ0v) is 10.9. The Morgan fingerprint density at radius 1 is 1.56 bits per heavy atom. The summed E-state index contributed by atoms with van der Waals surface area (Å²) in [6, 6.07) is 3.69. The van der Waals surface area contributed by atoms with E-state index in [0.717, 1.165) is 5.82 Å². The summed E-state index contributed by atoms with van der Waals surface area (Å²) >= 11 is 0. The molecule has 18 heavy (non-hydrogen) atoms. The largest absolute Gasteiger partial charge is 0.363 e. The predicted octanol–water partition coefficient (Wildman–Crippen LogP) is 0.615. The summed E-state index contributed by atoms with van der Waals surface area (Å²) in [6.07, 6.45) is 3.97. The first-order valence-electron chi connectivity index (χ1n) is 6.25. The van der Waals surface area contributed by atoms with Gasteiger partial charge in [0.2, 0.25) is 0 Å². The zero-order chi connectivity index (χ0) is 13.1. The van der Waals surface area contributed by atoms with Gasteiger partial charge in [-0.15, -0.1) is 0 Å². The molecular weight excluding hydrogens is 228 g/mol. The third-order valence-electron chi connectivity index (χ3n) is 3.19. The third-order valence-corrected chi connectivity index (χ3v) is 3.19. The molecule has 0 aromatic carbocycles. The van der Waals surface area contributed by atoms with Crippen molar-refractivity contribution in [2.75, 3.05) is 25.5 Å². The van der Waals surface area contributed by atoms with Crippen LogP contribution in [0, 0.1) is 5.92 Å². The molecule has 1 aromatic heterocycles. The van der Waals surface area contributed by atoms with Crippen LogP contribution < -0.4 is 16.0 Å². The lowest BCUT2D eigenvalue weighted by molar-refractivity contribution is 0.0950. The van der Waals surface area contributed by atoms with Gasteiger partial charge >= 0.3 is 0 Å². The molecule has 2 rings (SSSR count). The SMILES string of the molecule is CN(C)c1ccc(C(=O)NCC(N)C2CC2)cn1. The molecule has 0 saturated heterocycles. The molecule has 0 spiro atoms. The molecule has 1 aromatic rings. The summed E-state index contributed by atoms with van der Waals surface area (Å²) in [5, 5.41) is 2.85. The van der Waals surface area contributed by atoms with Gasteiger partial charge in [-0.05, 0) is 30.9 Å². The molecule has 1 saturated carbocycles. The van der Waals surface area contributed by atoms with Crippen LogP contribution in [0.15, 0.2) is 18.3 Å². The van der Waals surface area contributed by atoms with Crippen LogP contribution in [-0.4, -0.2) is 37.6 Å². The predicted molar refractivity (Wildman–Crippen MR) is 71.6 cm³/mol. The Kier molecular flexibility index (Phi) is 3.81. The Labute approximate surface area is 107 Å². The van der Waals surface area contributed by atoms with E-state index in [1.807, 2.05) is 25.1 Å². The van der Waals surface area contributed by atoms with Crippen molar-refractivity contribution in [3.63, 3.8) is 0 Å². The molecule has 3 N–H and O–H groups in total. The molecule has 1 aliphatic carbocycles. The maximum Gasteiger partial charge on any atom is 0.252 e. The molecule has 1 unspecified atom stereocenters. The lowest BCUT2D eigenvalue weighted by atomic mass is 10.2. The lowest BCUT2D eigenvalue weighted by Gasteiger charge is -2.13. The van der Waals surface area contributed by atoms with Crippen molar-refractivity contribution in [3.05, 3.63) is 23.9 Å². The molecule has 0 aliphatic heterocycles. The Morgan fingerprint density at radius 3 is 2.78 bits per heavy atom. The highest BCUT2D eigenvalue weighted by atomic mass is 16.1. The molecule has 5 heteroatoms. The van der Waals surface area contributed by atoms with Gasteiger partial charge in [-0.1, -0.05) is 0 Å². The van der Waals surface area contributed by atoms with E-state index in [-0.39, 0.29) is 11.9 Å². The summed E-state index contributed by atoms with van der Waals surface area (Å²) in [4.78, 5) is 18.0. The minimum absolute atomic E-state index is 0.0861. The molecule has 1 fully saturated rings. The number of hydrogen-bond acceptors (Lipinski definition) is 4. The number of anilines is 1. The van der Waals surface area contributed by atoms with E-state index in [0.29, 0.717) is 18.0 Å². The average molecular weight is 248 g/mol. The van der Waals surface area contributed by atoms with Gasteiger partial charge in [-0.25, -0.2) is 4.98 Å². The first kappa shape index (κ1) is 12.8. The van der Waals surface area contributed by atoms with Gasteiger partial charge in [0.1, 0.15) is 5.82 Å². The van der Waals surface area contributed by atoms with E-state index in [9.17, 15) is 4.79 Å². The maximum absolute atomic E-state index is 11.9. The van der Waals surface area contributed by atoms with Gasteiger partial charge in [0.15, 0.2) is 0 Å². The standard InChI is InChI=1S/C13H20N4O/c1-17(2)12-6-5-10(7-15-12)13(18)16-8-11(14)9-3-4-9/h5-7,9,11H,3-4,8,14H2,1-2H3,(H,16,18). The van der Waals surface area contributed by atoms with Crippen molar-refractivity contribution in [2.45, 2.75) is 18.9 Å². The molecule has 1 heterocycles. The molecule has 0 bridgehead atoms. The summed E-state index contributed by atoms with van der Waals surface area (Å²) in [5.41, 5.74) is 6.50. The van der Waals surface area contributed by atoms with E-state index in [1.165, 1.54) is 12.8 Å². The van der Waals surface area contributed by atoms with Crippen molar-refractivity contribution in [3.8, 4) is 0 Å². The number of nitrogens with two attached hydrogens (primary N) is 1. The number of rotatable bonds is 5. The highest BCUT2D eigenvalue weighted by Crippen LogP contribution is 2.31. The number of nitrogens with zero attached hydrogens (tertiary/aromatic N) is 2. The number of carbonyl (C=O) groups excluding carboxylic acids is 1. The van der Waals surface area contributed by atoms with Crippen molar-refractivity contribution in [1.82, 2.24) is 10.3 Å². The topological polar surface area (TPSA) is 71.2 Å². The molecule has 1 amide bonds. The van der Waals surface area contributed by atoms with Crippen LogP contribution in [0.5, 0.6) is 0 Å². The van der Waals surface area contributed by atoms with Gasteiger partial charge in [-0.3, -0.25) is 4.79 Å². The summed E-state index contributed by atoms with van der Waals surface area (Å²) in [7, 11) is 3.83. The fourth-order valence-corrected chi connectivity index (χ4v) is 1.79. The summed E-state index contributed by atoms with van der Waals surface area (Å²) in [6.45, 7) is 0.541. The second-order valence-corrected chi connectivity index (χ2v) is 5.01. The number of amides is 1. The number of carbonyl (C=O) groups is 1. The number of aromatic nitrogens is 1. The Bertz CT molecular complexity index is 412. The number of pyridine rings is 1. The van der Waals surface area contributed by atoms with E-state index in [2.05, 4.69) is 10.3 Å². The van der Waals surface area contributed by atoms with E-state index in [4.69, 9.17) is 5.73 Å². The van der Waals surface area contributed by atoms with Crippen molar-refractivity contribution >= 4 is 11.7 Å². The maximum atomic E-state index is 11.9. The van der Waals surface area contributed by atoms with Crippen LogP contribution in [-0.2, 0) is 0 Å². The Balaban J connectivity index is 1.87. The Morgan fingerprint density at radius 2 is 2.28 bits per heavy atom. The van der Waals surface area contributed by atoms with Crippen LogP contribution in [0.25, 0.3) is 0 Å². The van der Waals surface area contributed by atoms with E-state index >= 15 is 0 Å². The lowest BCUT2D eigenvalue weighted by Crippen LogP contribution is -2.38. The number of hydrogen-bond donors (Lipinski definition) is 2. The molecule has 98 valence electrons. The highest BCUT2D eigenvalue weighted by Gasteiger charge is 2.28. The zero-order valence-electron chi connectivity index (χ0n) is 10.9. The van der Waals surface area contributed by atoms with Crippen molar-refractivity contribution in [2.24, 2.45) is 11.7 Å². The fraction of sp³-hybridized carbons (Fsp3) is 0.538. The third kappa shape index (κ3) is 3.20. The monoisotopic (exact) mass is 248 g/mol. The van der Waals surface area contributed by atoms with E-state index in [1.54, 1.807) is 12.3 Å². The second kappa shape index (κ2) is 5.35. The quantitative estimate of drug-likeness (QED) is 0.801. The van der Waals surface area contributed by atoms with Crippen molar-refractivity contribution in [1.29, 1.82) is 0 Å². The normalized spacial score (nSPS) is 16.2. The summed E-state index contributed by atoms with van der Waals surface area (Å²) in [5.74, 6) is 1.32.